The van der Waals surface area contributed by atoms with Gasteiger partial charge in [0.15, 0.2) is 0 Å². The minimum Gasteiger partial charge on any atom is -0.508 e. The Balaban J connectivity index is 0.000000132. The van der Waals surface area contributed by atoms with Gasteiger partial charge in [0.1, 0.15) is 50.7 Å². The average molecular weight is 1930 g/mol. The van der Waals surface area contributed by atoms with E-state index in [1.807, 2.05) is 222 Å². The summed E-state index contributed by atoms with van der Waals surface area (Å²) in [7, 11) is 8.35. The molecule has 1 saturated heterocycles. The normalized spacial score (nSPS) is 12.6. The third-order valence-corrected chi connectivity index (χ3v) is 26.0. The summed E-state index contributed by atoms with van der Waals surface area (Å²) in [6.07, 6.45) is 19.4. The summed E-state index contributed by atoms with van der Waals surface area (Å²) in [6.45, 7) is 21.9. The number of fused-ring (bicyclic) bond motifs is 4. The zero-order chi connectivity index (χ0) is 101. The van der Waals surface area contributed by atoms with Crippen LogP contribution in [0.25, 0.3) is 71.7 Å². The zero-order valence-corrected chi connectivity index (χ0v) is 83.5. The van der Waals surface area contributed by atoms with E-state index in [0.717, 1.165) is 79.6 Å². The van der Waals surface area contributed by atoms with Crippen LogP contribution in [0, 0.1) is 23.7 Å². The van der Waals surface area contributed by atoms with Crippen molar-refractivity contribution in [2.45, 2.75) is 127 Å². The SMILES string of the molecule is CC(C)Cn1c(=O)n(C)c(=O)c2c(Nc3ccccc3)n(Cc3ccc(-c4ccncc4)cc3)cc21.CC(C)Cn1c(=O)n(C)c(=O)c2c(Nc3ccccc3)n(Cc3ccc(-n4cccc4)cc3)cc21.CC(C)Cn1c(=O)n(C)c(=O)c2c(Nc3ccccc3)n(Cc3ccc(C4CCCN4C)cc3)cc21.CC(C)Cn1c(=O)n(C)c(=O)c2cn(Cc3ccc(-c4ccccn4)cc3)c(Nc3ccc(O)cc3)c21. The molecule has 0 saturated carbocycles. The molecule has 0 spiro atoms. The number of hydrogen-bond acceptors (Lipinski definition) is 16. The molecule has 12 heterocycles. The van der Waals surface area contributed by atoms with Crippen molar-refractivity contribution < 1.29 is 5.11 Å². The fourth-order valence-electron chi connectivity index (χ4n) is 18.8. The molecule has 5 N–H and O–H groups in total. The average Bonchev–Trinajstić information content (AvgIpc) is 1.60. The predicted molar refractivity (Wildman–Crippen MR) is 578 cm³/mol. The highest BCUT2D eigenvalue weighted by Crippen LogP contribution is 2.37. The van der Waals surface area contributed by atoms with Crippen LogP contribution in [-0.4, -0.2) is 92.9 Å². The molecule has 144 heavy (non-hydrogen) atoms. The number of anilines is 8. The van der Waals surface area contributed by atoms with Gasteiger partial charge in [0, 0.05) is 176 Å². The summed E-state index contributed by atoms with van der Waals surface area (Å²) in [5, 5.41) is 25.5. The van der Waals surface area contributed by atoms with Crippen LogP contribution >= 0.6 is 0 Å². The lowest BCUT2D eigenvalue weighted by molar-refractivity contribution is 0.317. The van der Waals surface area contributed by atoms with E-state index in [4.69, 9.17) is 0 Å². The van der Waals surface area contributed by atoms with Crippen molar-refractivity contribution in [3.05, 3.63) is 422 Å². The molecule has 20 rings (SSSR count). The summed E-state index contributed by atoms with van der Waals surface area (Å²) in [6, 6.07) is 84.0. The van der Waals surface area contributed by atoms with Crippen LogP contribution in [-0.2, 0) is 80.5 Å². The van der Waals surface area contributed by atoms with Gasteiger partial charge >= 0.3 is 22.8 Å². The maximum atomic E-state index is 13.4. The van der Waals surface area contributed by atoms with Gasteiger partial charge in [0.25, 0.3) is 22.2 Å². The molecule has 0 amide bonds. The van der Waals surface area contributed by atoms with Gasteiger partial charge in [-0.25, -0.2) is 19.2 Å². The Hall–Kier alpha value is -16.8. The van der Waals surface area contributed by atoms with E-state index in [1.165, 1.54) is 43.7 Å². The molecule has 0 aliphatic carbocycles. The Morgan fingerprint density at radius 2 is 0.701 bits per heavy atom. The van der Waals surface area contributed by atoms with E-state index in [2.05, 4.69) is 167 Å². The molecule has 0 radical (unpaired) electrons. The second kappa shape index (κ2) is 43.5. The molecule has 1 atom stereocenters. The van der Waals surface area contributed by atoms with E-state index in [1.54, 1.807) is 82.3 Å². The molecular formula is C115H122N20O9. The Morgan fingerprint density at radius 1 is 0.347 bits per heavy atom. The van der Waals surface area contributed by atoms with E-state index in [0.29, 0.717) is 125 Å². The number of rotatable bonds is 28. The first-order valence-electron chi connectivity index (χ1n) is 48.8. The molecule has 29 heteroatoms. The second-order valence-electron chi connectivity index (χ2n) is 38.7. The van der Waals surface area contributed by atoms with Gasteiger partial charge in [-0.05, 0) is 198 Å². The quantitative estimate of drug-likeness (QED) is 0.0285. The predicted octanol–water partition coefficient (Wildman–Crippen LogP) is 19.2. The summed E-state index contributed by atoms with van der Waals surface area (Å²) in [5.41, 5.74) is 14.3. The van der Waals surface area contributed by atoms with Gasteiger partial charge in [0.05, 0.1) is 27.6 Å². The van der Waals surface area contributed by atoms with Crippen LogP contribution in [0.2, 0.25) is 0 Å². The third-order valence-electron chi connectivity index (χ3n) is 26.0. The summed E-state index contributed by atoms with van der Waals surface area (Å²) in [4.78, 5) is 116. The Kier molecular flexibility index (Phi) is 29.8. The van der Waals surface area contributed by atoms with Gasteiger partial charge in [-0.2, -0.15) is 0 Å². The highest BCUT2D eigenvalue weighted by Gasteiger charge is 2.28. The Morgan fingerprint density at radius 3 is 1.10 bits per heavy atom. The molecule has 19 aromatic rings. The molecule has 29 nitrogen and oxygen atoms in total. The lowest BCUT2D eigenvalue weighted by atomic mass is 10.0. The fourth-order valence-corrected chi connectivity index (χ4v) is 18.8. The number of nitrogens with one attached hydrogen (secondary N) is 4. The number of hydrogen-bond donors (Lipinski definition) is 5. The minimum atomic E-state index is -0.350. The Bertz CT molecular complexity index is 8280. The molecule has 736 valence electrons. The molecule has 8 aromatic carbocycles. The maximum Gasteiger partial charge on any atom is 0.331 e. The zero-order valence-electron chi connectivity index (χ0n) is 83.5. The minimum absolute atomic E-state index is 0.157. The van der Waals surface area contributed by atoms with Crippen LogP contribution < -0.4 is 66.3 Å². The molecule has 11 aromatic heterocycles. The lowest BCUT2D eigenvalue weighted by Gasteiger charge is -2.20. The molecule has 1 aliphatic rings. The van der Waals surface area contributed by atoms with Crippen LogP contribution in [0.1, 0.15) is 102 Å². The van der Waals surface area contributed by atoms with Crippen LogP contribution in [0.5, 0.6) is 5.75 Å². The number of nitrogens with zero attached hydrogens (tertiary/aromatic N) is 16. The monoisotopic (exact) mass is 1930 g/mol. The largest absolute Gasteiger partial charge is 0.508 e. The fraction of sp³-hybridized carbons (Fsp3) is 0.252. The molecule has 1 unspecified atom stereocenters. The summed E-state index contributed by atoms with van der Waals surface area (Å²) >= 11 is 0. The topological polar surface area (TPSA) is 298 Å². The number of benzene rings is 8. The smallest absolute Gasteiger partial charge is 0.331 e. The van der Waals surface area contributed by atoms with E-state index >= 15 is 0 Å². The Labute approximate surface area is 833 Å². The maximum absolute atomic E-state index is 13.4. The van der Waals surface area contributed by atoms with Crippen LogP contribution in [0.4, 0.5) is 46.0 Å². The number of aromatic hydroxyl groups is 1. The number of pyridine rings is 2. The van der Waals surface area contributed by atoms with E-state index in [9.17, 15) is 43.5 Å². The first-order chi connectivity index (χ1) is 69.5. The number of phenols is 1. The summed E-state index contributed by atoms with van der Waals surface area (Å²) < 4.78 is 21.8. The number of para-hydroxylation sites is 3. The van der Waals surface area contributed by atoms with Crippen molar-refractivity contribution in [3.8, 4) is 33.8 Å². The molecule has 1 fully saturated rings. The van der Waals surface area contributed by atoms with E-state index < -0.39 is 0 Å². The van der Waals surface area contributed by atoms with Crippen molar-refractivity contribution >= 4 is 89.6 Å². The van der Waals surface area contributed by atoms with Crippen molar-refractivity contribution in [3.63, 3.8) is 0 Å². The first kappa shape index (κ1) is 98.8. The number of likely N-dealkylation sites (tertiary alicyclic amines) is 1. The lowest BCUT2D eigenvalue weighted by Crippen LogP contribution is -2.38. The van der Waals surface area contributed by atoms with Crippen LogP contribution in [0.3, 0.4) is 0 Å². The summed E-state index contributed by atoms with van der Waals surface area (Å²) in [5.74, 6) is 3.82. The third kappa shape index (κ3) is 21.7. The number of phenolic OH excluding ortho intramolecular Hbond substituents is 1. The highest BCUT2D eigenvalue weighted by molar-refractivity contribution is 5.95. The van der Waals surface area contributed by atoms with Crippen molar-refractivity contribution in [2.24, 2.45) is 51.9 Å². The molecule has 1 aliphatic heterocycles. The van der Waals surface area contributed by atoms with Gasteiger partial charge in [-0.3, -0.25) is 70.6 Å². The van der Waals surface area contributed by atoms with Crippen molar-refractivity contribution in [2.75, 3.05) is 34.9 Å². The van der Waals surface area contributed by atoms with Crippen molar-refractivity contribution in [1.29, 1.82) is 0 Å². The highest BCUT2D eigenvalue weighted by atomic mass is 16.3. The molecule has 0 bridgehead atoms. The standard InChI is InChI=1S/C29H29N5O3.C29H35N5O2.C29H29N5O2.C28H29N5O2/c1-19(2)16-34-26-24(28(36)32(3)29(34)37)18-33(27(26)31-22-11-13-23(35)14-12-22)17-20-7-9-21(10-8-20)25-6-4-5-15-30-25;1-20(2)17-34-25-19-33(18-21-12-14-22(15-13-21)24-11-8-16-31(24)3)27(30-23-9-6-5-7-10-23)26(25)28(35)32(4)29(34)36;1-20(2)17-34-25-19-33(18-21-9-11-22(12-10-21)23-13-15-30-16-14-23)27(31-24-7-5-4-6-8-24)26(25)28(35)32(3)29(34)36;1-20(2)17-33-24-19-32(18-21-11-13-23(14-12-21)31-15-7-8-16-31)26(29-22-9-5-4-6-10-22)25(24)27(34)30(3)28(33)35/h4-15,18-19,31,35H,16-17H2,1-3H3;5-7,9-10,12-15,19-20,24,30H,8,11,16-18H2,1-4H3;4-16,19-20,31H,17-18H2,1-3H3;4-16,19-20,29H,17-18H2,1-3H3. The second-order valence-corrected chi connectivity index (χ2v) is 38.7. The van der Waals surface area contributed by atoms with E-state index in [-0.39, 0.29) is 74.4 Å². The van der Waals surface area contributed by atoms with Gasteiger partial charge in [-0.15, -0.1) is 0 Å². The molecular weight excluding hydrogens is 1810 g/mol. The van der Waals surface area contributed by atoms with Gasteiger partial charge in [0.2, 0.25) is 0 Å². The van der Waals surface area contributed by atoms with Crippen molar-refractivity contribution in [1.82, 2.24) is 74.2 Å². The van der Waals surface area contributed by atoms with Gasteiger partial charge < -0.3 is 49.2 Å². The van der Waals surface area contributed by atoms with Crippen LogP contribution in [0.15, 0.2) is 349 Å². The first-order valence-corrected chi connectivity index (χ1v) is 48.8. The number of aromatic nitrogens is 15. The van der Waals surface area contributed by atoms with Gasteiger partial charge in [-0.1, -0.05) is 201 Å².